The summed E-state index contributed by atoms with van der Waals surface area (Å²) in [6, 6.07) is 5.45. The van der Waals surface area contributed by atoms with Crippen LogP contribution in [0.2, 0.25) is 0 Å². The molecule has 5 nitrogen and oxygen atoms in total. The lowest BCUT2D eigenvalue weighted by Crippen LogP contribution is -2.41. The maximum atomic E-state index is 13.0. The molecule has 0 aliphatic carbocycles. The highest BCUT2D eigenvalue weighted by Gasteiger charge is 2.32. The molecule has 0 radical (unpaired) electrons. The summed E-state index contributed by atoms with van der Waals surface area (Å²) in [4.78, 5) is 12.6. The maximum Gasteiger partial charge on any atom is 0.238 e. The quantitative estimate of drug-likeness (QED) is 0.868. The Labute approximate surface area is 151 Å². The molecule has 2 unspecified atom stereocenters. The smallest absolute Gasteiger partial charge is 0.238 e. The van der Waals surface area contributed by atoms with E-state index in [2.05, 4.69) is 5.32 Å². The molecule has 1 aliphatic rings. The first-order valence-electron chi connectivity index (χ1n) is 8.78. The van der Waals surface area contributed by atoms with Crippen LogP contribution in [0, 0.1) is 6.92 Å². The van der Waals surface area contributed by atoms with Gasteiger partial charge in [0, 0.05) is 13.2 Å². The highest BCUT2D eigenvalue weighted by Crippen LogP contribution is 2.28. The number of hydrogen-bond acceptors (Lipinski definition) is 4. The number of ether oxygens (including phenoxy) is 1. The Balaban J connectivity index is 2.20. The standard InChI is InChI=1S/C19H29NO4S/c1-13-8-9-15(19(3,4)5)11-17(13)25(22,23)14(2)18(21)20-12-16-7-6-10-24-16/h8-9,11,14,16H,6-7,10,12H2,1-5H3,(H,20,21). The Morgan fingerprint density at radius 2 is 2.04 bits per heavy atom. The van der Waals surface area contributed by atoms with Gasteiger partial charge in [0.1, 0.15) is 5.25 Å². The summed E-state index contributed by atoms with van der Waals surface area (Å²) in [5.74, 6) is -0.476. The van der Waals surface area contributed by atoms with Gasteiger partial charge in [-0.1, -0.05) is 32.9 Å². The molecule has 6 heteroatoms. The molecule has 1 aromatic carbocycles. The van der Waals surface area contributed by atoms with Crippen molar-refractivity contribution in [3.63, 3.8) is 0 Å². The van der Waals surface area contributed by atoms with E-state index >= 15 is 0 Å². The number of benzene rings is 1. The van der Waals surface area contributed by atoms with Gasteiger partial charge in [-0.15, -0.1) is 0 Å². The number of aryl methyl sites for hydroxylation is 1. The molecule has 0 spiro atoms. The largest absolute Gasteiger partial charge is 0.376 e. The van der Waals surface area contributed by atoms with Gasteiger partial charge in [0.2, 0.25) is 5.91 Å². The number of carbonyl (C=O) groups excluding carboxylic acids is 1. The zero-order chi connectivity index (χ0) is 18.8. The Kier molecular flexibility index (Phi) is 5.94. The van der Waals surface area contributed by atoms with Gasteiger partial charge in [-0.25, -0.2) is 8.42 Å². The SMILES string of the molecule is Cc1ccc(C(C)(C)C)cc1S(=O)(=O)C(C)C(=O)NCC1CCCO1. The van der Waals surface area contributed by atoms with E-state index < -0.39 is 21.0 Å². The molecule has 0 bridgehead atoms. The first-order valence-corrected chi connectivity index (χ1v) is 10.3. The lowest BCUT2D eigenvalue weighted by Gasteiger charge is -2.22. The predicted molar refractivity (Wildman–Crippen MR) is 98.5 cm³/mol. The van der Waals surface area contributed by atoms with Crippen LogP contribution in [-0.2, 0) is 24.8 Å². The molecule has 0 saturated carbocycles. The van der Waals surface area contributed by atoms with Crippen molar-refractivity contribution >= 4 is 15.7 Å². The minimum Gasteiger partial charge on any atom is -0.376 e. The van der Waals surface area contributed by atoms with Crippen LogP contribution >= 0.6 is 0 Å². The Hall–Kier alpha value is -1.40. The van der Waals surface area contributed by atoms with E-state index in [4.69, 9.17) is 4.74 Å². The van der Waals surface area contributed by atoms with Crippen molar-refractivity contribution in [1.29, 1.82) is 0 Å². The topological polar surface area (TPSA) is 72.5 Å². The average molecular weight is 368 g/mol. The summed E-state index contributed by atoms with van der Waals surface area (Å²) in [6.07, 6.45) is 1.87. The Bertz CT molecular complexity index is 728. The number of nitrogens with one attached hydrogen (secondary N) is 1. The van der Waals surface area contributed by atoms with E-state index in [1.54, 1.807) is 13.0 Å². The summed E-state index contributed by atoms with van der Waals surface area (Å²) < 4.78 is 31.4. The van der Waals surface area contributed by atoms with Gasteiger partial charge >= 0.3 is 0 Å². The molecular weight excluding hydrogens is 338 g/mol. The summed E-state index contributed by atoms with van der Waals surface area (Å²) >= 11 is 0. The fourth-order valence-corrected chi connectivity index (χ4v) is 4.42. The Morgan fingerprint density at radius 1 is 1.36 bits per heavy atom. The van der Waals surface area contributed by atoms with Gasteiger partial charge in [0.15, 0.2) is 9.84 Å². The number of carbonyl (C=O) groups is 1. The fraction of sp³-hybridized carbons (Fsp3) is 0.632. The molecular formula is C19H29NO4S. The predicted octanol–water partition coefficient (Wildman–Crippen LogP) is 2.75. The van der Waals surface area contributed by atoms with Crippen molar-refractivity contribution in [3.05, 3.63) is 29.3 Å². The van der Waals surface area contributed by atoms with Gasteiger partial charge < -0.3 is 10.1 Å². The lowest BCUT2D eigenvalue weighted by atomic mass is 9.87. The van der Waals surface area contributed by atoms with Crippen LogP contribution < -0.4 is 5.32 Å². The first-order chi connectivity index (χ1) is 11.5. The van der Waals surface area contributed by atoms with Crippen molar-refractivity contribution < 1.29 is 17.9 Å². The maximum absolute atomic E-state index is 13.0. The monoisotopic (exact) mass is 367 g/mol. The lowest BCUT2D eigenvalue weighted by molar-refractivity contribution is -0.120. The minimum atomic E-state index is -3.75. The van der Waals surface area contributed by atoms with Gasteiger partial charge in [0.05, 0.1) is 11.0 Å². The van der Waals surface area contributed by atoms with Gasteiger partial charge in [-0.3, -0.25) is 4.79 Å². The second kappa shape index (κ2) is 7.46. The number of hydrogen-bond donors (Lipinski definition) is 1. The van der Waals surface area contributed by atoms with Crippen LogP contribution in [0.1, 0.15) is 51.7 Å². The van der Waals surface area contributed by atoms with Crippen molar-refractivity contribution in [1.82, 2.24) is 5.32 Å². The van der Waals surface area contributed by atoms with Crippen LogP contribution in [0.15, 0.2) is 23.1 Å². The van der Waals surface area contributed by atoms with Gasteiger partial charge in [-0.2, -0.15) is 0 Å². The molecule has 25 heavy (non-hydrogen) atoms. The number of sulfone groups is 1. The molecule has 1 heterocycles. The van der Waals surface area contributed by atoms with Crippen molar-refractivity contribution in [2.24, 2.45) is 0 Å². The molecule has 1 amide bonds. The van der Waals surface area contributed by atoms with E-state index in [1.165, 1.54) is 6.92 Å². The van der Waals surface area contributed by atoms with Crippen LogP contribution in [0.5, 0.6) is 0 Å². The fourth-order valence-electron chi connectivity index (χ4n) is 2.87. The van der Waals surface area contributed by atoms with Crippen LogP contribution in [-0.4, -0.2) is 38.8 Å². The molecule has 140 valence electrons. The normalized spacial score (nSPS) is 19.6. The van der Waals surface area contributed by atoms with Crippen LogP contribution in [0.3, 0.4) is 0 Å². The zero-order valence-electron chi connectivity index (χ0n) is 15.8. The highest BCUT2D eigenvalue weighted by molar-refractivity contribution is 7.92. The molecule has 1 fully saturated rings. The molecule has 1 saturated heterocycles. The second-order valence-electron chi connectivity index (χ2n) is 7.80. The van der Waals surface area contributed by atoms with Crippen LogP contribution in [0.4, 0.5) is 0 Å². The van der Waals surface area contributed by atoms with Gasteiger partial charge in [-0.05, 0) is 49.3 Å². The van der Waals surface area contributed by atoms with Crippen molar-refractivity contribution in [3.8, 4) is 0 Å². The minimum absolute atomic E-state index is 0.00944. The van der Waals surface area contributed by atoms with Crippen LogP contribution in [0.25, 0.3) is 0 Å². The zero-order valence-corrected chi connectivity index (χ0v) is 16.6. The second-order valence-corrected chi connectivity index (χ2v) is 10.0. The molecule has 0 aromatic heterocycles. The van der Waals surface area contributed by atoms with Crippen molar-refractivity contribution in [2.45, 2.75) is 69.1 Å². The molecule has 2 rings (SSSR count). The third kappa shape index (κ3) is 4.61. The van der Waals surface area contributed by atoms with E-state index in [1.807, 2.05) is 32.9 Å². The van der Waals surface area contributed by atoms with Crippen molar-refractivity contribution in [2.75, 3.05) is 13.2 Å². The number of rotatable bonds is 5. The van der Waals surface area contributed by atoms with E-state index in [0.717, 1.165) is 18.4 Å². The van der Waals surface area contributed by atoms with E-state index in [9.17, 15) is 13.2 Å². The molecule has 1 aliphatic heterocycles. The van der Waals surface area contributed by atoms with Gasteiger partial charge in [0.25, 0.3) is 0 Å². The summed E-state index contributed by atoms with van der Waals surface area (Å²) in [5, 5.41) is 1.59. The summed E-state index contributed by atoms with van der Waals surface area (Å²) in [5.41, 5.74) is 1.43. The van der Waals surface area contributed by atoms with E-state index in [0.29, 0.717) is 18.7 Å². The molecule has 1 aromatic rings. The Morgan fingerprint density at radius 3 is 2.60 bits per heavy atom. The molecule has 2 atom stereocenters. The third-order valence-electron chi connectivity index (χ3n) is 4.72. The first kappa shape index (κ1) is 19.9. The summed E-state index contributed by atoms with van der Waals surface area (Å²) in [6.45, 7) is 10.4. The molecule has 1 N–H and O–H groups in total. The summed E-state index contributed by atoms with van der Waals surface area (Å²) in [7, 11) is -3.75. The van der Waals surface area contributed by atoms with E-state index in [-0.39, 0.29) is 16.4 Å². The average Bonchev–Trinajstić information content (AvgIpc) is 3.04. The number of amides is 1. The third-order valence-corrected chi connectivity index (χ3v) is 6.92. The highest BCUT2D eigenvalue weighted by atomic mass is 32.2.